The van der Waals surface area contributed by atoms with Crippen LogP contribution in [0.1, 0.15) is 19.6 Å². The number of hydrogen-bond acceptors (Lipinski definition) is 5. The summed E-state index contributed by atoms with van der Waals surface area (Å²) in [6.07, 6.45) is 1.53. The smallest absolute Gasteiger partial charge is 0.327 e. The minimum Gasteiger partial charge on any atom is -0.480 e. The standard InChI is InChI=1S/C19H15Cl2NO4S2/c1-9(2)16(18(24)25)22-17(23)14(28-19(22)27)8-10-6-7-13(26-10)15-11(20)4-3-5-12(15)21/h3-9,16H,1-2H3,(H,24,25). The average molecular weight is 456 g/mol. The number of carbonyl (C=O) groups excluding carboxylic acids is 1. The summed E-state index contributed by atoms with van der Waals surface area (Å²) in [7, 11) is 0. The monoisotopic (exact) mass is 455 g/mol. The third kappa shape index (κ3) is 3.98. The number of carboxylic acid groups (broad SMARTS) is 1. The molecule has 0 radical (unpaired) electrons. The van der Waals surface area contributed by atoms with Crippen molar-refractivity contribution in [2.24, 2.45) is 5.92 Å². The lowest BCUT2D eigenvalue weighted by Gasteiger charge is -2.26. The fourth-order valence-electron chi connectivity index (χ4n) is 2.84. The van der Waals surface area contributed by atoms with Crippen molar-refractivity contribution in [2.45, 2.75) is 19.9 Å². The van der Waals surface area contributed by atoms with E-state index >= 15 is 0 Å². The number of carboxylic acids is 1. The van der Waals surface area contributed by atoms with Crippen LogP contribution in [-0.4, -0.2) is 32.2 Å². The van der Waals surface area contributed by atoms with Crippen molar-refractivity contribution < 1.29 is 19.1 Å². The molecule has 1 aromatic heterocycles. The van der Waals surface area contributed by atoms with Gasteiger partial charge in [-0.15, -0.1) is 0 Å². The van der Waals surface area contributed by atoms with E-state index in [1.165, 1.54) is 6.08 Å². The summed E-state index contributed by atoms with van der Waals surface area (Å²) in [5, 5.41) is 10.4. The Balaban J connectivity index is 1.91. The highest BCUT2D eigenvalue weighted by Crippen LogP contribution is 2.38. The Morgan fingerprint density at radius 3 is 2.46 bits per heavy atom. The average Bonchev–Trinajstić information content (AvgIpc) is 3.15. The van der Waals surface area contributed by atoms with Crippen LogP contribution in [0, 0.1) is 5.92 Å². The number of rotatable bonds is 5. The van der Waals surface area contributed by atoms with Crippen molar-refractivity contribution in [2.75, 3.05) is 0 Å². The van der Waals surface area contributed by atoms with Gasteiger partial charge in [0.05, 0.1) is 20.5 Å². The fourth-order valence-corrected chi connectivity index (χ4v) is 4.73. The molecule has 5 nitrogen and oxygen atoms in total. The van der Waals surface area contributed by atoms with Gasteiger partial charge in [0, 0.05) is 6.08 Å². The number of halogens is 2. The Bertz CT molecular complexity index is 979. The van der Waals surface area contributed by atoms with Crippen LogP contribution in [0.2, 0.25) is 10.0 Å². The molecule has 3 rings (SSSR count). The Labute approximate surface area is 181 Å². The zero-order valence-corrected chi connectivity index (χ0v) is 18.0. The number of thiocarbonyl (C=S) groups is 1. The third-order valence-electron chi connectivity index (χ3n) is 4.10. The second kappa shape index (κ2) is 8.29. The fraction of sp³-hybridized carbons (Fsp3) is 0.211. The van der Waals surface area contributed by atoms with Crippen molar-refractivity contribution in [1.29, 1.82) is 0 Å². The van der Waals surface area contributed by atoms with Crippen molar-refractivity contribution in [3.8, 4) is 11.3 Å². The molecule has 1 aromatic carbocycles. The molecule has 0 saturated carbocycles. The minimum absolute atomic E-state index is 0.207. The molecule has 2 heterocycles. The highest BCUT2D eigenvalue weighted by Gasteiger charge is 2.42. The van der Waals surface area contributed by atoms with E-state index < -0.39 is 17.9 Å². The van der Waals surface area contributed by atoms with Gasteiger partial charge in [-0.05, 0) is 30.2 Å². The lowest BCUT2D eigenvalue weighted by atomic mass is 10.0. The molecule has 1 amide bonds. The maximum Gasteiger partial charge on any atom is 0.327 e. The minimum atomic E-state index is -1.10. The molecular weight excluding hydrogens is 441 g/mol. The molecule has 0 bridgehead atoms. The first-order valence-corrected chi connectivity index (χ1v) is 10.2. The largest absolute Gasteiger partial charge is 0.480 e. The summed E-state index contributed by atoms with van der Waals surface area (Å²) >= 11 is 18.7. The quantitative estimate of drug-likeness (QED) is 0.469. The molecule has 1 N–H and O–H groups in total. The van der Waals surface area contributed by atoms with E-state index in [2.05, 4.69) is 0 Å². The number of hydrogen-bond donors (Lipinski definition) is 1. The number of nitrogens with zero attached hydrogens (tertiary/aromatic N) is 1. The van der Waals surface area contributed by atoms with E-state index in [0.717, 1.165) is 16.7 Å². The number of furan rings is 1. The highest BCUT2D eigenvalue weighted by molar-refractivity contribution is 8.26. The van der Waals surface area contributed by atoms with Crippen LogP contribution in [0.4, 0.5) is 0 Å². The molecular formula is C19H15Cl2NO4S2. The van der Waals surface area contributed by atoms with Gasteiger partial charge in [-0.25, -0.2) is 4.79 Å². The molecule has 2 aromatic rings. The topological polar surface area (TPSA) is 70.8 Å². The van der Waals surface area contributed by atoms with Gasteiger partial charge in [-0.2, -0.15) is 0 Å². The third-order valence-corrected chi connectivity index (χ3v) is 6.06. The first-order valence-electron chi connectivity index (χ1n) is 8.24. The van der Waals surface area contributed by atoms with Gasteiger partial charge in [-0.1, -0.05) is 67.1 Å². The van der Waals surface area contributed by atoms with Gasteiger partial charge in [0.1, 0.15) is 21.9 Å². The Hall–Kier alpha value is -1.80. The summed E-state index contributed by atoms with van der Waals surface area (Å²) in [5.74, 6) is -0.978. The summed E-state index contributed by atoms with van der Waals surface area (Å²) in [4.78, 5) is 25.8. The van der Waals surface area contributed by atoms with E-state index in [0.29, 0.717) is 32.0 Å². The molecule has 1 unspecified atom stereocenters. The molecule has 1 atom stereocenters. The highest BCUT2D eigenvalue weighted by atomic mass is 35.5. The number of aliphatic carboxylic acids is 1. The van der Waals surface area contributed by atoms with Crippen LogP contribution in [0.5, 0.6) is 0 Å². The predicted molar refractivity (Wildman–Crippen MR) is 115 cm³/mol. The summed E-state index contributed by atoms with van der Waals surface area (Å²) < 4.78 is 5.99. The molecule has 1 aliphatic rings. The Kier molecular flexibility index (Phi) is 6.19. The number of thioether (sulfide) groups is 1. The number of amides is 1. The molecule has 1 saturated heterocycles. The van der Waals surface area contributed by atoms with E-state index in [1.807, 2.05) is 0 Å². The van der Waals surface area contributed by atoms with E-state index in [-0.39, 0.29) is 10.2 Å². The summed E-state index contributed by atoms with van der Waals surface area (Å²) in [6, 6.07) is 7.50. The van der Waals surface area contributed by atoms with E-state index in [4.69, 9.17) is 39.8 Å². The first kappa shape index (κ1) is 20.9. The van der Waals surface area contributed by atoms with Crippen LogP contribution in [0.3, 0.4) is 0 Å². The van der Waals surface area contributed by atoms with Crippen molar-refractivity contribution in [3.05, 3.63) is 51.0 Å². The van der Waals surface area contributed by atoms with Gasteiger partial charge in [-0.3, -0.25) is 9.69 Å². The van der Waals surface area contributed by atoms with Crippen LogP contribution in [0.25, 0.3) is 17.4 Å². The van der Waals surface area contributed by atoms with Gasteiger partial charge in [0.2, 0.25) is 0 Å². The molecule has 28 heavy (non-hydrogen) atoms. The molecule has 1 aliphatic heterocycles. The lowest BCUT2D eigenvalue weighted by molar-refractivity contribution is -0.146. The van der Waals surface area contributed by atoms with Gasteiger partial charge in [0.15, 0.2) is 0 Å². The number of benzene rings is 1. The van der Waals surface area contributed by atoms with Crippen molar-refractivity contribution in [3.63, 3.8) is 0 Å². The molecule has 9 heteroatoms. The second-order valence-corrected chi connectivity index (χ2v) is 8.87. The lowest BCUT2D eigenvalue weighted by Crippen LogP contribution is -2.47. The predicted octanol–water partition coefficient (Wildman–Crippen LogP) is 5.56. The number of carbonyl (C=O) groups is 2. The van der Waals surface area contributed by atoms with Crippen LogP contribution >= 0.6 is 47.2 Å². The van der Waals surface area contributed by atoms with Gasteiger partial charge >= 0.3 is 5.97 Å². The zero-order chi connectivity index (χ0) is 20.6. The van der Waals surface area contributed by atoms with Crippen LogP contribution in [0.15, 0.2) is 39.7 Å². The Morgan fingerprint density at radius 1 is 1.25 bits per heavy atom. The Morgan fingerprint density at radius 2 is 1.89 bits per heavy atom. The van der Waals surface area contributed by atoms with E-state index in [1.54, 1.807) is 44.2 Å². The molecule has 146 valence electrons. The molecule has 1 fully saturated rings. The van der Waals surface area contributed by atoms with Crippen LogP contribution < -0.4 is 0 Å². The van der Waals surface area contributed by atoms with E-state index in [9.17, 15) is 14.7 Å². The summed E-state index contributed by atoms with van der Waals surface area (Å²) in [5.41, 5.74) is 0.559. The van der Waals surface area contributed by atoms with Crippen LogP contribution in [-0.2, 0) is 9.59 Å². The SMILES string of the molecule is CC(C)C(C(=O)O)N1C(=O)C(=Cc2ccc(-c3c(Cl)cccc3Cl)o2)SC1=S. The first-order chi connectivity index (χ1) is 13.2. The second-order valence-electron chi connectivity index (χ2n) is 6.38. The maximum absolute atomic E-state index is 12.8. The summed E-state index contributed by atoms with van der Waals surface area (Å²) in [6.45, 7) is 3.46. The van der Waals surface area contributed by atoms with Gasteiger partial charge in [0.25, 0.3) is 5.91 Å². The normalized spacial score (nSPS) is 17.0. The maximum atomic E-state index is 12.8. The van der Waals surface area contributed by atoms with Crippen molar-refractivity contribution in [1.82, 2.24) is 4.90 Å². The zero-order valence-electron chi connectivity index (χ0n) is 14.8. The molecule has 0 spiro atoms. The molecule has 0 aliphatic carbocycles. The van der Waals surface area contributed by atoms with Crippen molar-refractivity contribution >= 4 is 69.5 Å². The van der Waals surface area contributed by atoms with Gasteiger partial charge < -0.3 is 9.52 Å².